The largest absolute Gasteiger partial charge is 0.319 e. The number of nitrogens with one attached hydrogen (secondary N) is 1. The second kappa shape index (κ2) is 5.66. The lowest BCUT2D eigenvalue weighted by Gasteiger charge is -2.32. The van der Waals surface area contributed by atoms with Gasteiger partial charge in [-0.1, -0.05) is 41.9 Å². The Labute approximate surface area is 101 Å². The molecule has 0 aliphatic carbocycles. The molecule has 0 heterocycles. The van der Waals surface area contributed by atoms with E-state index < -0.39 is 0 Å². The van der Waals surface area contributed by atoms with E-state index in [-0.39, 0.29) is 5.41 Å². The molecule has 0 aliphatic heterocycles. The SMILES string of the molecule is CCC(CC)(CNC)c1ccc(Br)cc1. The molecule has 0 bridgehead atoms. The number of benzene rings is 1. The van der Waals surface area contributed by atoms with Gasteiger partial charge in [0.25, 0.3) is 0 Å². The molecule has 1 aromatic rings. The standard InChI is InChI=1S/C13H20BrN/c1-4-13(5-2,10-15-3)11-6-8-12(14)9-7-11/h6-9,15H,4-5,10H2,1-3H3. The van der Waals surface area contributed by atoms with Crippen LogP contribution in [0.2, 0.25) is 0 Å². The summed E-state index contributed by atoms with van der Waals surface area (Å²) < 4.78 is 1.15. The Balaban J connectivity index is 3.02. The summed E-state index contributed by atoms with van der Waals surface area (Å²) in [5.41, 5.74) is 1.72. The van der Waals surface area contributed by atoms with E-state index in [4.69, 9.17) is 0 Å². The van der Waals surface area contributed by atoms with Crippen molar-refractivity contribution in [1.82, 2.24) is 5.32 Å². The number of hydrogen-bond donors (Lipinski definition) is 1. The van der Waals surface area contributed by atoms with Gasteiger partial charge in [0.2, 0.25) is 0 Å². The van der Waals surface area contributed by atoms with Crippen molar-refractivity contribution >= 4 is 15.9 Å². The summed E-state index contributed by atoms with van der Waals surface area (Å²) in [6, 6.07) is 8.72. The van der Waals surface area contributed by atoms with E-state index in [2.05, 4.69) is 59.4 Å². The van der Waals surface area contributed by atoms with Gasteiger partial charge in [-0.3, -0.25) is 0 Å². The summed E-state index contributed by atoms with van der Waals surface area (Å²) >= 11 is 3.48. The molecule has 0 saturated carbocycles. The van der Waals surface area contributed by atoms with Gasteiger partial charge < -0.3 is 5.32 Å². The Morgan fingerprint density at radius 1 is 1.13 bits per heavy atom. The molecule has 1 aromatic carbocycles. The van der Waals surface area contributed by atoms with Crippen LogP contribution in [-0.2, 0) is 5.41 Å². The summed E-state index contributed by atoms with van der Waals surface area (Å²) in [5.74, 6) is 0. The molecule has 0 amide bonds. The van der Waals surface area contributed by atoms with Gasteiger partial charge in [-0.15, -0.1) is 0 Å². The molecular formula is C13H20BrN. The zero-order chi connectivity index (χ0) is 11.3. The lowest BCUT2D eigenvalue weighted by molar-refractivity contribution is 0.380. The minimum absolute atomic E-state index is 0.287. The fourth-order valence-electron chi connectivity index (χ4n) is 2.15. The van der Waals surface area contributed by atoms with Crippen molar-refractivity contribution in [2.24, 2.45) is 0 Å². The van der Waals surface area contributed by atoms with Gasteiger partial charge in [0.1, 0.15) is 0 Å². The Kier molecular flexibility index (Phi) is 4.81. The predicted octanol–water partition coefficient (Wildman–Crippen LogP) is 3.73. The van der Waals surface area contributed by atoms with Gasteiger partial charge >= 0.3 is 0 Å². The second-order valence-corrected chi connectivity index (χ2v) is 4.94. The van der Waals surface area contributed by atoms with Crippen LogP contribution in [0.1, 0.15) is 32.3 Å². The Morgan fingerprint density at radius 3 is 2.07 bits per heavy atom. The van der Waals surface area contributed by atoms with E-state index in [1.54, 1.807) is 0 Å². The van der Waals surface area contributed by atoms with Crippen LogP contribution in [-0.4, -0.2) is 13.6 Å². The first-order valence-electron chi connectivity index (χ1n) is 5.59. The average molecular weight is 270 g/mol. The zero-order valence-corrected chi connectivity index (χ0v) is 11.4. The van der Waals surface area contributed by atoms with Crippen LogP contribution >= 0.6 is 15.9 Å². The highest BCUT2D eigenvalue weighted by molar-refractivity contribution is 9.10. The molecule has 0 fully saturated rings. The minimum Gasteiger partial charge on any atom is -0.319 e. The molecule has 84 valence electrons. The van der Waals surface area contributed by atoms with Crippen LogP contribution in [0.25, 0.3) is 0 Å². The van der Waals surface area contributed by atoms with Gasteiger partial charge in [0.15, 0.2) is 0 Å². The monoisotopic (exact) mass is 269 g/mol. The Morgan fingerprint density at radius 2 is 1.67 bits per heavy atom. The van der Waals surface area contributed by atoms with E-state index in [1.807, 2.05) is 7.05 Å². The fraction of sp³-hybridized carbons (Fsp3) is 0.538. The van der Waals surface area contributed by atoms with Crippen LogP contribution in [0, 0.1) is 0 Å². The van der Waals surface area contributed by atoms with Gasteiger partial charge in [0, 0.05) is 16.4 Å². The zero-order valence-electron chi connectivity index (χ0n) is 9.81. The normalized spacial score (nSPS) is 11.7. The van der Waals surface area contributed by atoms with E-state index in [9.17, 15) is 0 Å². The van der Waals surface area contributed by atoms with Crippen LogP contribution < -0.4 is 5.32 Å². The van der Waals surface area contributed by atoms with Crippen molar-refractivity contribution in [3.8, 4) is 0 Å². The van der Waals surface area contributed by atoms with Crippen molar-refractivity contribution in [1.29, 1.82) is 0 Å². The number of halogens is 1. The molecule has 0 saturated heterocycles. The molecule has 0 aliphatic rings. The van der Waals surface area contributed by atoms with Crippen molar-refractivity contribution in [3.63, 3.8) is 0 Å². The first-order valence-corrected chi connectivity index (χ1v) is 6.38. The molecule has 1 N–H and O–H groups in total. The lowest BCUT2D eigenvalue weighted by atomic mass is 9.76. The third kappa shape index (κ3) is 2.82. The van der Waals surface area contributed by atoms with Gasteiger partial charge in [-0.25, -0.2) is 0 Å². The highest BCUT2D eigenvalue weighted by Gasteiger charge is 2.27. The average Bonchev–Trinajstić information content (AvgIpc) is 2.27. The molecule has 2 heteroatoms. The Hall–Kier alpha value is -0.340. The molecule has 0 spiro atoms. The summed E-state index contributed by atoms with van der Waals surface area (Å²) in [7, 11) is 2.03. The molecule has 1 rings (SSSR count). The van der Waals surface area contributed by atoms with E-state index >= 15 is 0 Å². The maximum atomic E-state index is 3.48. The number of rotatable bonds is 5. The molecule has 1 nitrogen and oxygen atoms in total. The molecule has 0 atom stereocenters. The van der Waals surface area contributed by atoms with Crippen molar-refractivity contribution in [3.05, 3.63) is 34.3 Å². The first kappa shape index (κ1) is 12.7. The molecule has 15 heavy (non-hydrogen) atoms. The van der Waals surface area contributed by atoms with Gasteiger partial charge in [-0.05, 0) is 37.6 Å². The van der Waals surface area contributed by atoms with Crippen molar-refractivity contribution in [2.45, 2.75) is 32.1 Å². The van der Waals surface area contributed by atoms with Crippen LogP contribution in [0.4, 0.5) is 0 Å². The smallest absolute Gasteiger partial charge is 0.0175 e. The van der Waals surface area contributed by atoms with Crippen molar-refractivity contribution in [2.75, 3.05) is 13.6 Å². The minimum atomic E-state index is 0.287. The second-order valence-electron chi connectivity index (χ2n) is 4.02. The van der Waals surface area contributed by atoms with Crippen LogP contribution in [0.3, 0.4) is 0 Å². The topological polar surface area (TPSA) is 12.0 Å². The molecule has 0 aromatic heterocycles. The van der Waals surface area contributed by atoms with Gasteiger partial charge in [0.05, 0.1) is 0 Å². The third-order valence-corrected chi connectivity index (χ3v) is 3.85. The van der Waals surface area contributed by atoms with E-state index in [0.29, 0.717) is 0 Å². The highest BCUT2D eigenvalue weighted by atomic mass is 79.9. The summed E-state index contributed by atoms with van der Waals surface area (Å²) in [5, 5.41) is 3.31. The number of likely N-dealkylation sites (N-methyl/N-ethyl adjacent to an activating group) is 1. The number of hydrogen-bond acceptors (Lipinski definition) is 1. The molecular weight excluding hydrogens is 250 g/mol. The molecule has 0 radical (unpaired) electrons. The lowest BCUT2D eigenvalue weighted by Crippen LogP contribution is -2.35. The molecule has 0 unspecified atom stereocenters. The Bertz CT molecular complexity index is 288. The fourth-order valence-corrected chi connectivity index (χ4v) is 2.42. The first-order chi connectivity index (χ1) is 7.18. The summed E-state index contributed by atoms with van der Waals surface area (Å²) in [6.07, 6.45) is 2.35. The van der Waals surface area contributed by atoms with Crippen LogP contribution in [0.5, 0.6) is 0 Å². The van der Waals surface area contributed by atoms with Crippen LogP contribution in [0.15, 0.2) is 28.7 Å². The van der Waals surface area contributed by atoms with Crippen molar-refractivity contribution < 1.29 is 0 Å². The van der Waals surface area contributed by atoms with Gasteiger partial charge in [-0.2, -0.15) is 0 Å². The quantitative estimate of drug-likeness (QED) is 0.859. The summed E-state index contributed by atoms with van der Waals surface area (Å²) in [4.78, 5) is 0. The van der Waals surface area contributed by atoms with E-state index in [1.165, 1.54) is 18.4 Å². The third-order valence-electron chi connectivity index (χ3n) is 3.33. The maximum absolute atomic E-state index is 3.48. The highest BCUT2D eigenvalue weighted by Crippen LogP contribution is 2.31. The van der Waals surface area contributed by atoms with E-state index in [0.717, 1.165) is 11.0 Å². The summed E-state index contributed by atoms with van der Waals surface area (Å²) in [6.45, 7) is 5.58. The maximum Gasteiger partial charge on any atom is 0.0175 e. The predicted molar refractivity (Wildman–Crippen MR) is 70.3 cm³/mol.